The van der Waals surface area contributed by atoms with Gasteiger partial charge in [-0.25, -0.2) is 9.07 Å². The summed E-state index contributed by atoms with van der Waals surface area (Å²) in [6.07, 6.45) is 5.91. The van der Waals surface area contributed by atoms with E-state index in [0.29, 0.717) is 28.5 Å². The van der Waals surface area contributed by atoms with Crippen molar-refractivity contribution in [2.75, 3.05) is 5.32 Å². The minimum Gasteiger partial charge on any atom is -0.364 e. The van der Waals surface area contributed by atoms with Gasteiger partial charge in [0.15, 0.2) is 16.5 Å². The summed E-state index contributed by atoms with van der Waals surface area (Å²) < 4.78 is 15.5. The van der Waals surface area contributed by atoms with Crippen molar-refractivity contribution in [1.82, 2.24) is 25.2 Å². The zero-order valence-electron chi connectivity index (χ0n) is 13.6. The first-order valence-electron chi connectivity index (χ1n) is 8.47. The predicted octanol–water partition coefficient (Wildman–Crippen LogP) is 3.81. The Bertz CT molecular complexity index is 890. The third kappa shape index (κ3) is 3.28. The molecule has 0 bridgehead atoms. The number of nitrogens with zero attached hydrogens (tertiary/aromatic N) is 5. The zero-order valence-corrected chi connectivity index (χ0v) is 14.4. The molecule has 1 N–H and O–H groups in total. The Labute approximate surface area is 149 Å². The summed E-state index contributed by atoms with van der Waals surface area (Å²) in [6.45, 7) is 0.234. The van der Waals surface area contributed by atoms with Gasteiger partial charge in [0.25, 0.3) is 0 Å². The second-order valence-corrected chi connectivity index (χ2v) is 6.71. The average molecular weight is 361 g/mol. The van der Waals surface area contributed by atoms with Crippen molar-refractivity contribution in [3.8, 4) is 0 Å². The molecule has 0 unspecified atom stereocenters. The summed E-state index contributed by atoms with van der Waals surface area (Å²) in [5.41, 5.74) is 1.66. The summed E-state index contributed by atoms with van der Waals surface area (Å²) in [5.74, 6) is 0.302. The lowest BCUT2D eigenvalue weighted by Gasteiger charge is -2.22. The van der Waals surface area contributed by atoms with E-state index < -0.39 is 0 Å². The number of rotatable bonds is 4. The SMILES string of the molecule is Fc1ccccc1Cn1nnc2c(NC3CCCCC3)nnc(Cl)c21. The number of benzene rings is 1. The van der Waals surface area contributed by atoms with Crippen LogP contribution in [0.1, 0.15) is 37.7 Å². The molecule has 4 rings (SSSR count). The van der Waals surface area contributed by atoms with Crippen LogP contribution in [0.15, 0.2) is 24.3 Å². The van der Waals surface area contributed by atoms with Gasteiger partial charge in [0.2, 0.25) is 0 Å². The molecule has 25 heavy (non-hydrogen) atoms. The van der Waals surface area contributed by atoms with Crippen molar-refractivity contribution in [2.24, 2.45) is 0 Å². The van der Waals surface area contributed by atoms with Gasteiger partial charge < -0.3 is 5.32 Å². The van der Waals surface area contributed by atoms with Gasteiger partial charge in [0, 0.05) is 11.6 Å². The lowest BCUT2D eigenvalue weighted by molar-refractivity contribution is 0.462. The molecule has 0 atom stereocenters. The van der Waals surface area contributed by atoms with Crippen LogP contribution >= 0.6 is 11.6 Å². The fourth-order valence-corrected chi connectivity index (χ4v) is 3.53. The number of hydrogen-bond donors (Lipinski definition) is 1. The highest BCUT2D eigenvalue weighted by molar-refractivity contribution is 6.33. The maximum Gasteiger partial charge on any atom is 0.179 e. The Morgan fingerprint density at radius 2 is 1.92 bits per heavy atom. The van der Waals surface area contributed by atoms with E-state index in [1.807, 2.05) is 0 Å². The molecular weight excluding hydrogens is 343 g/mol. The molecule has 1 aromatic carbocycles. The van der Waals surface area contributed by atoms with E-state index >= 15 is 0 Å². The van der Waals surface area contributed by atoms with Crippen LogP contribution in [-0.2, 0) is 6.54 Å². The summed E-state index contributed by atoms with van der Waals surface area (Å²) in [6, 6.07) is 6.94. The van der Waals surface area contributed by atoms with Crippen molar-refractivity contribution in [2.45, 2.75) is 44.7 Å². The van der Waals surface area contributed by atoms with Crippen LogP contribution in [0.4, 0.5) is 10.2 Å². The summed E-state index contributed by atoms with van der Waals surface area (Å²) in [4.78, 5) is 0. The van der Waals surface area contributed by atoms with E-state index in [0.717, 1.165) is 12.8 Å². The molecule has 1 saturated carbocycles. The van der Waals surface area contributed by atoms with Crippen LogP contribution < -0.4 is 5.32 Å². The zero-order chi connectivity index (χ0) is 17.2. The fraction of sp³-hybridized carbons (Fsp3) is 0.412. The fourth-order valence-electron chi connectivity index (χ4n) is 3.30. The molecule has 1 aliphatic rings. The van der Waals surface area contributed by atoms with Gasteiger partial charge in [-0.3, -0.25) is 0 Å². The first kappa shape index (κ1) is 16.2. The predicted molar refractivity (Wildman–Crippen MR) is 94.1 cm³/mol. The van der Waals surface area contributed by atoms with Crippen LogP contribution in [0.2, 0.25) is 5.15 Å². The van der Waals surface area contributed by atoms with Crippen LogP contribution in [-0.4, -0.2) is 31.2 Å². The molecule has 2 heterocycles. The van der Waals surface area contributed by atoms with Gasteiger partial charge in [-0.05, 0) is 18.9 Å². The third-order valence-electron chi connectivity index (χ3n) is 4.62. The van der Waals surface area contributed by atoms with Crippen LogP contribution in [0, 0.1) is 5.82 Å². The highest BCUT2D eigenvalue weighted by atomic mass is 35.5. The Morgan fingerprint density at radius 1 is 1.12 bits per heavy atom. The average Bonchev–Trinajstić information content (AvgIpc) is 3.05. The largest absolute Gasteiger partial charge is 0.364 e. The van der Waals surface area contributed by atoms with Crippen molar-refractivity contribution >= 4 is 28.5 Å². The molecule has 1 fully saturated rings. The van der Waals surface area contributed by atoms with Crippen LogP contribution in [0.5, 0.6) is 0 Å². The second-order valence-electron chi connectivity index (χ2n) is 6.35. The molecule has 1 aliphatic carbocycles. The smallest absolute Gasteiger partial charge is 0.179 e. The summed E-state index contributed by atoms with van der Waals surface area (Å²) in [5, 5.41) is 20.2. The molecule has 0 radical (unpaired) electrons. The number of nitrogens with one attached hydrogen (secondary N) is 1. The number of fused-ring (bicyclic) bond motifs is 1. The number of anilines is 1. The first-order chi connectivity index (χ1) is 12.2. The monoisotopic (exact) mass is 360 g/mol. The topological polar surface area (TPSA) is 68.5 Å². The maximum absolute atomic E-state index is 13.9. The van der Waals surface area contributed by atoms with E-state index in [1.54, 1.807) is 22.9 Å². The lowest BCUT2D eigenvalue weighted by Crippen LogP contribution is -2.23. The maximum atomic E-state index is 13.9. The number of aromatic nitrogens is 5. The Kier molecular flexibility index (Phi) is 4.48. The van der Waals surface area contributed by atoms with Crippen molar-refractivity contribution < 1.29 is 4.39 Å². The van der Waals surface area contributed by atoms with Crippen molar-refractivity contribution in [1.29, 1.82) is 0 Å². The van der Waals surface area contributed by atoms with E-state index in [2.05, 4.69) is 25.8 Å². The minimum atomic E-state index is -0.287. The van der Waals surface area contributed by atoms with Gasteiger partial charge >= 0.3 is 0 Å². The van der Waals surface area contributed by atoms with Gasteiger partial charge in [-0.1, -0.05) is 54.3 Å². The quantitative estimate of drug-likeness (QED) is 0.766. The molecule has 0 aliphatic heterocycles. The highest BCUT2D eigenvalue weighted by Gasteiger charge is 2.20. The van der Waals surface area contributed by atoms with E-state index in [4.69, 9.17) is 11.6 Å². The van der Waals surface area contributed by atoms with Crippen LogP contribution in [0.3, 0.4) is 0 Å². The van der Waals surface area contributed by atoms with Crippen molar-refractivity contribution in [3.63, 3.8) is 0 Å². The van der Waals surface area contributed by atoms with Crippen LogP contribution in [0.25, 0.3) is 11.0 Å². The molecular formula is C17H18ClFN6. The molecule has 3 aromatic rings. The van der Waals surface area contributed by atoms with Gasteiger partial charge in [-0.15, -0.1) is 15.3 Å². The summed E-state index contributed by atoms with van der Waals surface area (Å²) in [7, 11) is 0. The molecule has 0 amide bonds. The number of halogens is 2. The lowest BCUT2D eigenvalue weighted by atomic mass is 9.95. The molecule has 6 nitrogen and oxygen atoms in total. The first-order valence-corrected chi connectivity index (χ1v) is 8.85. The van der Waals surface area contributed by atoms with Gasteiger partial charge in [-0.2, -0.15) is 0 Å². The Balaban J connectivity index is 1.68. The molecule has 0 spiro atoms. The molecule has 2 aromatic heterocycles. The minimum absolute atomic E-state index is 0.213. The molecule has 0 saturated heterocycles. The second kappa shape index (κ2) is 6.92. The van der Waals surface area contributed by atoms with E-state index in [9.17, 15) is 4.39 Å². The van der Waals surface area contributed by atoms with Gasteiger partial charge in [0.05, 0.1) is 6.54 Å². The Morgan fingerprint density at radius 3 is 2.72 bits per heavy atom. The normalized spacial score (nSPS) is 15.6. The van der Waals surface area contributed by atoms with E-state index in [1.165, 1.54) is 25.3 Å². The van der Waals surface area contributed by atoms with E-state index in [-0.39, 0.29) is 17.5 Å². The molecule has 8 heteroatoms. The summed E-state index contributed by atoms with van der Waals surface area (Å²) >= 11 is 6.23. The van der Waals surface area contributed by atoms with Gasteiger partial charge in [0.1, 0.15) is 11.3 Å². The Hall–Kier alpha value is -2.28. The third-order valence-corrected chi connectivity index (χ3v) is 4.87. The number of hydrogen-bond acceptors (Lipinski definition) is 5. The standard InChI is InChI=1S/C17H18ClFN6/c18-16-15-14(17(23-22-16)20-12-7-2-1-3-8-12)21-24-25(15)10-11-6-4-5-9-13(11)19/h4-6,9,12H,1-3,7-8,10H2,(H,20,23). The molecule has 130 valence electrons. The van der Waals surface area contributed by atoms with Crippen molar-refractivity contribution in [3.05, 3.63) is 40.8 Å². The highest BCUT2D eigenvalue weighted by Crippen LogP contribution is 2.27.